The van der Waals surface area contributed by atoms with Gasteiger partial charge in [-0.15, -0.1) is 0 Å². The first kappa shape index (κ1) is 15.4. The monoisotopic (exact) mass is 293 g/mol. The van der Waals surface area contributed by atoms with E-state index >= 15 is 0 Å². The van der Waals surface area contributed by atoms with Crippen molar-refractivity contribution in [1.29, 1.82) is 0 Å². The van der Waals surface area contributed by atoms with Gasteiger partial charge >= 0.3 is 0 Å². The molecule has 114 valence electrons. The first-order valence-corrected chi connectivity index (χ1v) is 7.11. The molecule has 1 saturated heterocycles. The Kier molecular flexibility index (Phi) is 5.27. The molecule has 0 N–H and O–H groups in total. The number of rotatable bonds is 7. The van der Waals surface area contributed by atoms with Gasteiger partial charge in [0.1, 0.15) is 5.75 Å². The lowest BCUT2D eigenvalue weighted by Gasteiger charge is -2.11. The highest BCUT2D eigenvalue weighted by Crippen LogP contribution is 2.25. The Morgan fingerprint density at radius 1 is 1.52 bits per heavy atom. The van der Waals surface area contributed by atoms with E-state index in [-0.39, 0.29) is 17.0 Å². The minimum absolute atomic E-state index is 0.105. The zero-order chi connectivity index (χ0) is 15.2. The number of ether oxygens (including phenoxy) is 2. The van der Waals surface area contributed by atoms with Crippen LogP contribution in [0.4, 0.5) is 5.69 Å². The van der Waals surface area contributed by atoms with E-state index in [9.17, 15) is 14.9 Å². The summed E-state index contributed by atoms with van der Waals surface area (Å²) in [6.07, 6.45) is 4.29. The topological polar surface area (TPSA) is 78.7 Å². The Morgan fingerprint density at radius 3 is 2.95 bits per heavy atom. The van der Waals surface area contributed by atoms with Gasteiger partial charge in [0.05, 0.1) is 23.2 Å². The van der Waals surface area contributed by atoms with Crippen molar-refractivity contribution in [2.45, 2.75) is 38.7 Å². The minimum Gasteiger partial charge on any atom is -0.493 e. The second kappa shape index (κ2) is 7.17. The summed E-state index contributed by atoms with van der Waals surface area (Å²) in [6, 6.07) is 4.10. The molecule has 1 aliphatic heterocycles. The molecule has 1 heterocycles. The standard InChI is InChI=1S/C15H19NO5/c1-11(17)14-10-12(16(18)19)6-7-15(14)21-9-3-5-13-4-2-8-20-13/h6-7,10,13H,2-5,8-9H2,1H3. The highest BCUT2D eigenvalue weighted by Gasteiger charge is 2.16. The van der Waals surface area contributed by atoms with Crippen molar-refractivity contribution in [3.05, 3.63) is 33.9 Å². The third-order valence-electron chi connectivity index (χ3n) is 3.51. The molecular weight excluding hydrogens is 274 g/mol. The molecular formula is C15H19NO5. The fourth-order valence-corrected chi connectivity index (χ4v) is 2.40. The van der Waals surface area contributed by atoms with Gasteiger partial charge in [-0.25, -0.2) is 0 Å². The average Bonchev–Trinajstić information content (AvgIpc) is 2.96. The molecule has 0 aliphatic carbocycles. The molecule has 0 amide bonds. The lowest BCUT2D eigenvalue weighted by molar-refractivity contribution is -0.384. The van der Waals surface area contributed by atoms with Crippen molar-refractivity contribution in [3.63, 3.8) is 0 Å². The molecule has 1 unspecified atom stereocenters. The number of hydrogen-bond donors (Lipinski definition) is 0. The average molecular weight is 293 g/mol. The number of carbonyl (C=O) groups is 1. The number of carbonyl (C=O) groups excluding carboxylic acids is 1. The molecule has 21 heavy (non-hydrogen) atoms. The van der Waals surface area contributed by atoms with Gasteiger partial charge in [-0.3, -0.25) is 14.9 Å². The van der Waals surface area contributed by atoms with Crippen LogP contribution in [0.1, 0.15) is 43.0 Å². The van der Waals surface area contributed by atoms with Crippen LogP contribution in [-0.4, -0.2) is 30.0 Å². The van der Waals surface area contributed by atoms with Crippen LogP contribution in [0.15, 0.2) is 18.2 Å². The van der Waals surface area contributed by atoms with Gasteiger partial charge in [0, 0.05) is 18.7 Å². The molecule has 0 spiro atoms. The highest BCUT2D eigenvalue weighted by atomic mass is 16.6. The van der Waals surface area contributed by atoms with E-state index in [1.54, 1.807) is 0 Å². The van der Waals surface area contributed by atoms with Crippen molar-refractivity contribution in [2.75, 3.05) is 13.2 Å². The van der Waals surface area contributed by atoms with Crippen LogP contribution in [-0.2, 0) is 4.74 Å². The first-order chi connectivity index (χ1) is 10.1. The zero-order valence-electron chi connectivity index (χ0n) is 12.0. The molecule has 6 nitrogen and oxygen atoms in total. The molecule has 0 radical (unpaired) electrons. The number of nitrogens with zero attached hydrogens (tertiary/aromatic N) is 1. The smallest absolute Gasteiger partial charge is 0.270 e. The molecule has 1 atom stereocenters. The largest absolute Gasteiger partial charge is 0.493 e. The van der Waals surface area contributed by atoms with Gasteiger partial charge in [-0.05, 0) is 38.7 Å². The van der Waals surface area contributed by atoms with E-state index in [0.29, 0.717) is 18.5 Å². The van der Waals surface area contributed by atoms with Gasteiger partial charge in [0.25, 0.3) is 5.69 Å². The van der Waals surface area contributed by atoms with Crippen LogP contribution in [0.5, 0.6) is 5.75 Å². The van der Waals surface area contributed by atoms with E-state index in [1.807, 2.05) is 0 Å². The number of benzene rings is 1. The quantitative estimate of drug-likeness (QED) is 0.334. The number of hydrogen-bond acceptors (Lipinski definition) is 5. The molecule has 0 bridgehead atoms. The third-order valence-corrected chi connectivity index (χ3v) is 3.51. The van der Waals surface area contributed by atoms with Crippen molar-refractivity contribution in [3.8, 4) is 5.75 Å². The molecule has 0 aromatic heterocycles. The Hall–Kier alpha value is -1.95. The zero-order valence-corrected chi connectivity index (χ0v) is 12.0. The molecule has 1 fully saturated rings. The fourth-order valence-electron chi connectivity index (χ4n) is 2.40. The lowest BCUT2D eigenvalue weighted by Crippen LogP contribution is -2.09. The summed E-state index contributed by atoms with van der Waals surface area (Å²) in [5.41, 5.74) is 0.147. The lowest BCUT2D eigenvalue weighted by atomic mass is 10.1. The summed E-state index contributed by atoms with van der Waals surface area (Å²) in [6.45, 7) is 2.68. The summed E-state index contributed by atoms with van der Waals surface area (Å²) >= 11 is 0. The summed E-state index contributed by atoms with van der Waals surface area (Å²) in [5, 5.41) is 10.7. The number of non-ortho nitro benzene ring substituents is 1. The Balaban J connectivity index is 1.92. The number of nitro groups is 1. The van der Waals surface area contributed by atoms with E-state index in [4.69, 9.17) is 9.47 Å². The summed E-state index contributed by atoms with van der Waals surface area (Å²) in [7, 11) is 0. The molecule has 6 heteroatoms. The van der Waals surface area contributed by atoms with E-state index in [0.717, 1.165) is 32.3 Å². The highest BCUT2D eigenvalue weighted by molar-refractivity contribution is 5.97. The normalized spacial score (nSPS) is 17.7. The summed E-state index contributed by atoms with van der Waals surface area (Å²) in [5.74, 6) is 0.160. The van der Waals surface area contributed by atoms with Gasteiger partial charge in [-0.2, -0.15) is 0 Å². The maximum absolute atomic E-state index is 11.6. The third kappa shape index (κ3) is 4.26. The molecule has 2 rings (SSSR count). The van der Waals surface area contributed by atoms with Crippen LogP contribution >= 0.6 is 0 Å². The number of nitro benzene ring substituents is 1. The number of Topliss-reactive ketones (excluding diaryl/α,β-unsaturated/α-hetero) is 1. The van der Waals surface area contributed by atoms with Crippen molar-refractivity contribution < 1.29 is 19.2 Å². The maximum Gasteiger partial charge on any atom is 0.270 e. The molecule has 1 aromatic carbocycles. The molecule has 1 aliphatic rings. The van der Waals surface area contributed by atoms with Crippen LogP contribution in [0.3, 0.4) is 0 Å². The summed E-state index contributed by atoms with van der Waals surface area (Å²) in [4.78, 5) is 21.8. The van der Waals surface area contributed by atoms with E-state index < -0.39 is 4.92 Å². The van der Waals surface area contributed by atoms with Gasteiger partial charge in [0.2, 0.25) is 0 Å². The minimum atomic E-state index is -0.520. The van der Waals surface area contributed by atoms with E-state index in [1.165, 1.54) is 25.1 Å². The summed E-state index contributed by atoms with van der Waals surface area (Å²) < 4.78 is 11.1. The van der Waals surface area contributed by atoms with Crippen LogP contribution in [0, 0.1) is 10.1 Å². The van der Waals surface area contributed by atoms with E-state index in [2.05, 4.69) is 0 Å². The van der Waals surface area contributed by atoms with Crippen LogP contribution in [0.2, 0.25) is 0 Å². The Morgan fingerprint density at radius 2 is 2.33 bits per heavy atom. The fraction of sp³-hybridized carbons (Fsp3) is 0.533. The van der Waals surface area contributed by atoms with Crippen LogP contribution < -0.4 is 4.74 Å². The Labute approximate surface area is 123 Å². The predicted molar refractivity (Wildman–Crippen MR) is 76.8 cm³/mol. The first-order valence-electron chi connectivity index (χ1n) is 7.11. The predicted octanol–water partition coefficient (Wildman–Crippen LogP) is 3.14. The molecule has 1 aromatic rings. The second-order valence-electron chi connectivity index (χ2n) is 5.12. The SMILES string of the molecule is CC(=O)c1cc([N+](=O)[O-])ccc1OCCCC1CCCO1. The molecule has 0 saturated carbocycles. The van der Waals surface area contributed by atoms with Gasteiger partial charge in [-0.1, -0.05) is 0 Å². The van der Waals surface area contributed by atoms with Crippen molar-refractivity contribution >= 4 is 11.5 Å². The van der Waals surface area contributed by atoms with Gasteiger partial charge in [0.15, 0.2) is 5.78 Å². The van der Waals surface area contributed by atoms with Crippen LogP contribution in [0.25, 0.3) is 0 Å². The number of ketones is 1. The van der Waals surface area contributed by atoms with Crippen molar-refractivity contribution in [2.24, 2.45) is 0 Å². The van der Waals surface area contributed by atoms with Gasteiger partial charge < -0.3 is 9.47 Å². The maximum atomic E-state index is 11.6. The Bertz CT molecular complexity index is 523. The van der Waals surface area contributed by atoms with Crippen molar-refractivity contribution in [1.82, 2.24) is 0 Å². The second-order valence-corrected chi connectivity index (χ2v) is 5.12.